The first kappa shape index (κ1) is 13.1. The van der Waals surface area contributed by atoms with Crippen molar-refractivity contribution < 1.29 is 9.84 Å². The maximum atomic E-state index is 10.6. The summed E-state index contributed by atoms with van der Waals surface area (Å²) >= 11 is 3.46. The Kier molecular flexibility index (Phi) is 3.61. The molecule has 4 nitrogen and oxygen atoms in total. The zero-order valence-corrected chi connectivity index (χ0v) is 12.1. The first-order valence-corrected chi connectivity index (χ1v) is 6.80. The molecule has 1 fully saturated rings. The zero-order valence-electron chi connectivity index (χ0n) is 10.5. The quantitative estimate of drug-likeness (QED) is 0.934. The highest BCUT2D eigenvalue weighted by Crippen LogP contribution is 2.40. The molecule has 5 heteroatoms. The van der Waals surface area contributed by atoms with Gasteiger partial charge in [-0.3, -0.25) is 4.68 Å². The Labute approximate surface area is 110 Å². The lowest BCUT2D eigenvalue weighted by atomic mass is 9.93. The third-order valence-electron chi connectivity index (χ3n) is 3.36. The van der Waals surface area contributed by atoms with Gasteiger partial charge in [-0.25, -0.2) is 0 Å². The van der Waals surface area contributed by atoms with E-state index in [0.29, 0.717) is 0 Å². The lowest BCUT2D eigenvalue weighted by molar-refractivity contribution is -0.0835. The fourth-order valence-corrected chi connectivity index (χ4v) is 2.81. The molecule has 2 unspecified atom stereocenters. The number of ether oxygens (including phenoxy) is 1. The Bertz CT molecular complexity index is 397. The molecule has 1 saturated heterocycles. The first-order valence-electron chi connectivity index (χ1n) is 6.00. The molecular weight excluding hydrogens is 284 g/mol. The zero-order chi connectivity index (χ0) is 12.6. The summed E-state index contributed by atoms with van der Waals surface area (Å²) in [5.74, 6) is 0. The van der Waals surface area contributed by atoms with E-state index >= 15 is 0 Å². The summed E-state index contributed by atoms with van der Waals surface area (Å²) in [5, 5.41) is 14.9. The van der Waals surface area contributed by atoms with Gasteiger partial charge < -0.3 is 9.84 Å². The van der Waals surface area contributed by atoms with Crippen LogP contribution in [0.1, 0.15) is 51.5 Å². The van der Waals surface area contributed by atoms with Gasteiger partial charge in [-0.1, -0.05) is 0 Å². The van der Waals surface area contributed by atoms with Crippen LogP contribution in [0.5, 0.6) is 0 Å². The van der Waals surface area contributed by atoms with Crippen molar-refractivity contribution in [1.82, 2.24) is 9.78 Å². The van der Waals surface area contributed by atoms with Crippen LogP contribution >= 0.6 is 15.9 Å². The topological polar surface area (TPSA) is 47.3 Å². The fourth-order valence-electron chi connectivity index (χ4n) is 2.32. The normalized spacial score (nSPS) is 26.7. The smallest absolute Gasteiger partial charge is 0.125 e. The van der Waals surface area contributed by atoms with Crippen LogP contribution in [-0.4, -0.2) is 27.1 Å². The second kappa shape index (κ2) is 4.71. The predicted octanol–water partition coefficient (Wildman–Crippen LogP) is 2.83. The summed E-state index contributed by atoms with van der Waals surface area (Å²) < 4.78 is 8.40. The van der Waals surface area contributed by atoms with Crippen LogP contribution in [-0.2, 0) is 4.74 Å². The summed E-state index contributed by atoms with van der Waals surface area (Å²) in [5.41, 5.74) is 0.319. The van der Waals surface area contributed by atoms with E-state index in [1.165, 1.54) is 0 Å². The van der Waals surface area contributed by atoms with Gasteiger partial charge in [-0.2, -0.15) is 5.10 Å². The molecular formula is C12H19BrN2O2. The summed E-state index contributed by atoms with van der Waals surface area (Å²) in [6.07, 6.45) is 2.96. The van der Waals surface area contributed by atoms with Gasteiger partial charge in [0, 0.05) is 12.6 Å². The highest BCUT2D eigenvalue weighted by molar-refractivity contribution is 9.10. The Balaban J connectivity index is 2.36. The van der Waals surface area contributed by atoms with Gasteiger partial charge in [0.15, 0.2) is 0 Å². The van der Waals surface area contributed by atoms with Crippen LogP contribution in [0.15, 0.2) is 10.7 Å². The molecule has 2 atom stereocenters. The summed E-state index contributed by atoms with van der Waals surface area (Å²) in [6, 6.07) is 0.218. The summed E-state index contributed by atoms with van der Waals surface area (Å²) in [7, 11) is 0. The number of hydrogen-bond donors (Lipinski definition) is 1. The number of hydrogen-bond acceptors (Lipinski definition) is 3. The standard InChI is InChI=1S/C12H19BrN2O2/c1-8(2)15-10(9(13)7-14-15)11(16)12(3)5-4-6-17-12/h7-8,11,16H,4-6H2,1-3H3. The number of halogens is 1. The molecule has 96 valence electrons. The van der Waals surface area contributed by atoms with Crippen molar-refractivity contribution >= 4 is 15.9 Å². The van der Waals surface area contributed by atoms with E-state index in [-0.39, 0.29) is 6.04 Å². The molecule has 1 aromatic heterocycles. The first-order chi connectivity index (χ1) is 7.96. The molecule has 0 saturated carbocycles. The summed E-state index contributed by atoms with van der Waals surface area (Å²) in [4.78, 5) is 0. The number of rotatable bonds is 3. The van der Waals surface area contributed by atoms with Crippen LogP contribution in [0, 0.1) is 0 Å². The highest BCUT2D eigenvalue weighted by Gasteiger charge is 2.41. The molecule has 0 spiro atoms. The van der Waals surface area contributed by atoms with E-state index in [0.717, 1.165) is 29.6 Å². The van der Waals surface area contributed by atoms with Crippen LogP contribution in [0.2, 0.25) is 0 Å². The largest absolute Gasteiger partial charge is 0.384 e. The van der Waals surface area contributed by atoms with Crippen molar-refractivity contribution in [2.24, 2.45) is 0 Å². The average molecular weight is 303 g/mol. The van der Waals surface area contributed by atoms with Gasteiger partial charge in [0.25, 0.3) is 0 Å². The molecule has 0 aromatic carbocycles. The molecule has 2 heterocycles. The predicted molar refractivity (Wildman–Crippen MR) is 68.9 cm³/mol. The molecule has 0 radical (unpaired) electrons. The molecule has 1 aromatic rings. The molecule has 1 aliphatic rings. The van der Waals surface area contributed by atoms with E-state index in [2.05, 4.69) is 21.0 Å². The maximum absolute atomic E-state index is 10.6. The van der Waals surface area contributed by atoms with E-state index in [4.69, 9.17) is 4.74 Å². The third kappa shape index (κ3) is 2.28. The third-order valence-corrected chi connectivity index (χ3v) is 3.97. The molecule has 1 aliphatic heterocycles. The van der Waals surface area contributed by atoms with Gasteiger partial charge in [0.1, 0.15) is 6.10 Å². The number of nitrogens with zero attached hydrogens (tertiary/aromatic N) is 2. The Morgan fingerprint density at radius 2 is 2.29 bits per heavy atom. The minimum Gasteiger partial charge on any atom is -0.384 e. The van der Waals surface area contributed by atoms with E-state index < -0.39 is 11.7 Å². The van der Waals surface area contributed by atoms with Crippen molar-refractivity contribution in [3.63, 3.8) is 0 Å². The molecule has 2 rings (SSSR count). The Morgan fingerprint density at radius 1 is 1.59 bits per heavy atom. The van der Waals surface area contributed by atoms with Crippen LogP contribution in [0.3, 0.4) is 0 Å². The van der Waals surface area contributed by atoms with E-state index in [1.807, 2.05) is 25.5 Å². The number of aliphatic hydroxyl groups is 1. The van der Waals surface area contributed by atoms with Gasteiger partial charge in [-0.15, -0.1) is 0 Å². The van der Waals surface area contributed by atoms with Crippen LogP contribution in [0.4, 0.5) is 0 Å². The fraction of sp³-hybridized carbons (Fsp3) is 0.750. The number of aromatic nitrogens is 2. The van der Waals surface area contributed by atoms with Crippen LogP contribution < -0.4 is 0 Å². The second-order valence-corrected chi connectivity index (χ2v) is 5.94. The SMILES string of the molecule is CC(C)n1ncc(Br)c1C(O)C1(C)CCCO1. The minimum absolute atomic E-state index is 0.218. The second-order valence-electron chi connectivity index (χ2n) is 5.08. The Morgan fingerprint density at radius 3 is 2.82 bits per heavy atom. The highest BCUT2D eigenvalue weighted by atomic mass is 79.9. The van der Waals surface area contributed by atoms with Gasteiger partial charge >= 0.3 is 0 Å². The average Bonchev–Trinajstić information content (AvgIpc) is 2.85. The monoisotopic (exact) mass is 302 g/mol. The molecule has 0 amide bonds. The van der Waals surface area contributed by atoms with Gasteiger partial charge in [0.05, 0.1) is 22.0 Å². The van der Waals surface area contributed by atoms with E-state index in [9.17, 15) is 5.11 Å². The minimum atomic E-state index is -0.649. The Hall–Kier alpha value is -0.390. The molecule has 0 bridgehead atoms. The lowest BCUT2D eigenvalue weighted by Crippen LogP contribution is -2.34. The molecule has 0 aliphatic carbocycles. The molecule has 1 N–H and O–H groups in total. The van der Waals surface area contributed by atoms with Crippen molar-refractivity contribution in [2.45, 2.75) is 51.4 Å². The van der Waals surface area contributed by atoms with Crippen molar-refractivity contribution in [2.75, 3.05) is 6.61 Å². The van der Waals surface area contributed by atoms with Crippen LogP contribution in [0.25, 0.3) is 0 Å². The lowest BCUT2D eigenvalue weighted by Gasteiger charge is -2.30. The number of aliphatic hydroxyl groups excluding tert-OH is 1. The van der Waals surface area contributed by atoms with E-state index in [1.54, 1.807) is 6.20 Å². The van der Waals surface area contributed by atoms with Crippen molar-refractivity contribution in [1.29, 1.82) is 0 Å². The van der Waals surface area contributed by atoms with Crippen molar-refractivity contribution in [3.05, 3.63) is 16.4 Å². The van der Waals surface area contributed by atoms with Gasteiger partial charge in [-0.05, 0) is 49.5 Å². The maximum Gasteiger partial charge on any atom is 0.125 e. The van der Waals surface area contributed by atoms with Crippen molar-refractivity contribution in [3.8, 4) is 0 Å². The summed E-state index contributed by atoms with van der Waals surface area (Å²) in [6.45, 7) is 6.79. The van der Waals surface area contributed by atoms with Gasteiger partial charge in [0.2, 0.25) is 0 Å². The molecule has 17 heavy (non-hydrogen) atoms.